The van der Waals surface area contributed by atoms with Crippen LogP contribution in [0, 0.1) is 12.7 Å². The first-order valence-electron chi connectivity index (χ1n) is 4.85. The van der Waals surface area contributed by atoms with Crippen LogP contribution in [-0.4, -0.2) is 28.5 Å². The minimum absolute atomic E-state index is 0.149. The molecule has 1 atom stereocenters. The number of amides is 1. The highest BCUT2D eigenvalue weighted by Gasteiger charge is 2.15. The summed E-state index contributed by atoms with van der Waals surface area (Å²) in [6.07, 6.45) is -1.64. The largest absolute Gasteiger partial charge is 0.366 e. The molecular weight excluding hydrogens is 213 g/mol. The molecule has 88 valence electrons. The number of hydrogen-bond donors (Lipinski definition) is 3. The van der Waals surface area contributed by atoms with Crippen molar-refractivity contribution in [2.75, 3.05) is 0 Å². The molecule has 4 nitrogen and oxygen atoms in total. The van der Waals surface area contributed by atoms with Gasteiger partial charge in [-0.25, -0.2) is 4.39 Å². The maximum absolute atomic E-state index is 13.2. The van der Waals surface area contributed by atoms with Crippen LogP contribution in [0.5, 0.6) is 0 Å². The molecule has 1 amide bonds. The lowest BCUT2D eigenvalue weighted by Gasteiger charge is -2.15. The molecule has 16 heavy (non-hydrogen) atoms. The second-order valence-electron chi connectivity index (χ2n) is 3.64. The van der Waals surface area contributed by atoms with E-state index in [-0.39, 0.29) is 5.56 Å². The summed E-state index contributed by atoms with van der Waals surface area (Å²) in [6, 6.07) is 3.27. The van der Waals surface area contributed by atoms with Gasteiger partial charge in [-0.15, -0.1) is 0 Å². The number of carbonyl (C=O) groups excluding carboxylic acids is 1. The Hall–Kier alpha value is -1.46. The monoisotopic (exact) mass is 227 g/mol. The number of halogens is 1. The summed E-state index contributed by atoms with van der Waals surface area (Å²) < 4.78 is 13.2. The molecule has 1 rings (SSSR count). The third-order valence-electron chi connectivity index (χ3n) is 2.24. The summed E-state index contributed by atoms with van der Waals surface area (Å²) in [5, 5.41) is 19.9. The van der Waals surface area contributed by atoms with Crippen LogP contribution >= 0.6 is 0 Å². The molecule has 1 unspecified atom stereocenters. The van der Waals surface area contributed by atoms with E-state index in [1.165, 1.54) is 19.1 Å². The third kappa shape index (κ3) is 3.01. The van der Waals surface area contributed by atoms with Crippen molar-refractivity contribution in [1.82, 2.24) is 5.32 Å². The van der Waals surface area contributed by atoms with Gasteiger partial charge in [0.25, 0.3) is 5.91 Å². The van der Waals surface area contributed by atoms with Crippen molar-refractivity contribution in [1.29, 1.82) is 0 Å². The molecule has 0 saturated carbocycles. The number of hydrogen-bond acceptors (Lipinski definition) is 3. The molecule has 5 heteroatoms. The fourth-order valence-corrected chi connectivity index (χ4v) is 1.10. The van der Waals surface area contributed by atoms with E-state index in [1.54, 1.807) is 6.92 Å². The zero-order valence-electron chi connectivity index (χ0n) is 9.07. The average Bonchev–Trinajstić information content (AvgIpc) is 2.21. The van der Waals surface area contributed by atoms with E-state index < -0.39 is 24.1 Å². The van der Waals surface area contributed by atoms with Gasteiger partial charge in [-0.05, 0) is 31.5 Å². The van der Waals surface area contributed by atoms with Gasteiger partial charge in [-0.3, -0.25) is 4.79 Å². The van der Waals surface area contributed by atoms with Crippen LogP contribution in [0.15, 0.2) is 18.2 Å². The second-order valence-corrected chi connectivity index (χ2v) is 3.64. The van der Waals surface area contributed by atoms with Crippen molar-refractivity contribution in [3.63, 3.8) is 0 Å². The molecule has 0 aliphatic heterocycles. The Kier molecular flexibility index (Phi) is 3.98. The van der Waals surface area contributed by atoms with Crippen LogP contribution in [0.3, 0.4) is 0 Å². The Morgan fingerprint density at radius 1 is 1.44 bits per heavy atom. The highest BCUT2D eigenvalue weighted by molar-refractivity contribution is 5.94. The first kappa shape index (κ1) is 12.6. The molecule has 1 aromatic rings. The SMILES string of the molecule is Cc1ccc(C(=O)NC(C)C(O)O)cc1F. The van der Waals surface area contributed by atoms with Gasteiger partial charge in [-0.2, -0.15) is 0 Å². The Morgan fingerprint density at radius 3 is 2.56 bits per heavy atom. The van der Waals surface area contributed by atoms with Crippen molar-refractivity contribution in [3.05, 3.63) is 35.1 Å². The molecule has 0 radical (unpaired) electrons. The second kappa shape index (κ2) is 5.05. The predicted octanol–water partition coefficient (Wildman–Crippen LogP) is 0.563. The van der Waals surface area contributed by atoms with E-state index in [0.717, 1.165) is 6.07 Å². The molecule has 1 aromatic carbocycles. The zero-order valence-corrected chi connectivity index (χ0v) is 9.07. The number of nitrogens with one attached hydrogen (secondary N) is 1. The molecule has 0 aliphatic carbocycles. The van der Waals surface area contributed by atoms with E-state index in [0.29, 0.717) is 5.56 Å². The van der Waals surface area contributed by atoms with Gasteiger partial charge < -0.3 is 15.5 Å². The fraction of sp³-hybridized carbons (Fsp3) is 0.364. The number of benzene rings is 1. The highest BCUT2D eigenvalue weighted by atomic mass is 19.1. The molecular formula is C11H14FNO3. The summed E-state index contributed by atoms with van der Waals surface area (Å²) in [5.41, 5.74) is 0.599. The third-order valence-corrected chi connectivity index (χ3v) is 2.24. The van der Waals surface area contributed by atoms with E-state index in [1.807, 2.05) is 0 Å². The number of rotatable bonds is 3. The van der Waals surface area contributed by atoms with Gasteiger partial charge >= 0.3 is 0 Å². The lowest BCUT2D eigenvalue weighted by Crippen LogP contribution is -2.41. The number of aliphatic hydroxyl groups excluding tert-OH is 1. The molecule has 0 spiro atoms. The first-order chi connectivity index (χ1) is 7.41. The fourth-order valence-electron chi connectivity index (χ4n) is 1.10. The molecule has 0 bridgehead atoms. The number of aryl methyl sites for hydroxylation is 1. The molecule has 0 aliphatic rings. The smallest absolute Gasteiger partial charge is 0.251 e. The topological polar surface area (TPSA) is 69.6 Å². The minimum Gasteiger partial charge on any atom is -0.366 e. The summed E-state index contributed by atoms with van der Waals surface area (Å²) in [4.78, 5) is 11.5. The van der Waals surface area contributed by atoms with Crippen LogP contribution in [0.25, 0.3) is 0 Å². The Morgan fingerprint density at radius 2 is 2.06 bits per heavy atom. The Labute approximate surface area is 92.7 Å². The minimum atomic E-state index is -1.64. The van der Waals surface area contributed by atoms with Crippen LogP contribution < -0.4 is 5.32 Å². The van der Waals surface area contributed by atoms with Crippen molar-refractivity contribution >= 4 is 5.91 Å². The maximum atomic E-state index is 13.2. The summed E-state index contributed by atoms with van der Waals surface area (Å²) >= 11 is 0. The number of aliphatic hydroxyl groups is 2. The van der Waals surface area contributed by atoms with E-state index in [4.69, 9.17) is 10.2 Å². The van der Waals surface area contributed by atoms with E-state index in [9.17, 15) is 9.18 Å². The number of carbonyl (C=O) groups is 1. The van der Waals surface area contributed by atoms with Crippen molar-refractivity contribution in [2.45, 2.75) is 26.2 Å². The lowest BCUT2D eigenvalue weighted by atomic mass is 10.1. The first-order valence-corrected chi connectivity index (χ1v) is 4.85. The molecule has 0 fully saturated rings. The normalized spacial score (nSPS) is 12.6. The van der Waals surface area contributed by atoms with Crippen molar-refractivity contribution < 1.29 is 19.4 Å². The standard InChI is InChI=1S/C11H14FNO3/c1-6-3-4-8(5-9(6)12)10(14)13-7(2)11(15)16/h3-5,7,11,15-16H,1-2H3,(H,13,14). The zero-order chi connectivity index (χ0) is 12.3. The van der Waals surface area contributed by atoms with Crippen molar-refractivity contribution in [3.8, 4) is 0 Å². The highest BCUT2D eigenvalue weighted by Crippen LogP contribution is 2.09. The van der Waals surface area contributed by atoms with Crippen molar-refractivity contribution in [2.24, 2.45) is 0 Å². The Bertz CT molecular complexity index is 393. The quantitative estimate of drug-likeness (QED) is 0.661. The van der Waals surface area contributed by atoms with Gasteiger partial charge in [-0.1, -0.05) is 6.07 Å². The lowest BCUT2D eigenvalue weighted by molar-refractivity contribution is -0.0605. The van der Waals surface area contributed by atoms with Crippen LogP contribution in [0.2, 0.25) is 0 Å². The molecule has 0 saturated heterocycles. The average molecular weight is 227 g/mol. The van der Waals surface area contributed by atoms with E-state index in [2.05, 4.69) is 5.32 Å². The molecule has 3 N–H and O–H groups in total. The van der Waals surface area contributed by atoms with Gasteiger partial charge in [0, 0.05) is 5.56 Å². The maximum Gasteiger partial charge on any atom is 0.251 e. The molecule has 0 heterocycles. The van der Waals surface area contributed by atoms with Gasteiger partial charge in [0.15, 0.2) is 6.29 Å². The molecule has 0 aromatic heterocycles. The van der Waals surface area contributed by atoms with Crippen LogP contribution in [0.4, 0.5) is 4.39 Å². The predicted molar refractivity (Wildman–Crippen MR) is 56.3 cm³/mol. The van der Waals surface area contributed by atoms with Gasteiger partial charge in [0.2, 0.25) is 0 Å². The van der Waals surface area contributed by atoms with Crippen LogP contribution in [-0.2, 0) is 0 Å². The van der Waals surface area contributed by atoms with Crippen LogP contribution in [0.1, 0.15) is 22.8 Å². The summed E-state index contributed by atoms with van der Waals surface area (Å²) in [6.45, 7) is 3.03. The Balaban J connectivity index is 2.77. The summed E-state index contributed by atoms with van der Waals surface area (Å²) in [7, 11) is 0. The van der Waals surface area contributed by atoms with Gasteiger partial charge in [0.1, 0.15) is 5.82 Å². The summed E-state index contributed by atoms with van der Waals surface area (Å²) in [5.74, 6) is -1.01. The van der Waals surface area contributed by atoms with E-state index >= 15 is 0 Å². The van der Waals surface area contributed by atoms with Gasteiger partial charge in [0.05, 0.1) is 6.04 Å².